The molecule has 1 aliphatic rings. The van der Waals surface area contributed by atoms with Crippen molar-refractivity contribution >= 4 is 5.91 Å². The number of aryl methyl sites for hydroxylation is 1. The minimum absolute atomic E-state index is 0.117. The lowest BCUT2D eigenvalue weighted by Crippen LogP contribution is -2.40. The SMILES string of the molecule is O=C(CCc1ccco1)NC[C@@H]1CCCN(Cc2ccccc2)C1. The van der Waals surface area contributed by atoms with Crippen molar-refractivity contribution in [2.75, 3.05) is 19.6 Å². The van der Waals surface area contributed by atoms with Crippen LogP contribution < -0.4 is 5.32 Å². The van der Waals surface area contributed by atoms with E-state index < -0.39 is 0 Å². The molecule has 0 aliphatic carbocycles. The summed E-state index contributed by atoms with van der Waals surface area (Å²) in [6, 6.07) is 14.4. The van der Waals surface area contributed by atoms with Crippen molar-refractivity contribution in [2.45, 2.75) is 32.2 Å². The van der Waals surface area contributed by atoms with Gasteiger partial charge in [-0.3, -0.25) is 9.69 Å². The van der Waals surface area contributed by atoms with Crippen molar-refractivity contribution in [1.82, 2.24) is 10.2 Å². The number of hydrogen-bond donors (Lipinski definition) is 1. The van der Waals surface area contributed by atoms with Crippen molar-refractivity contribution in [1.29, 1.82) is 0 Å². The number of carbonyl (C=O) groups excluding carboxylic acids is 1. The largest absolute Gasteiger partial charge is 0.469 e. The maximum atomic E-state index is 12.0. The lowest BCUT2D eigenvalue weighted by Gasteiger charge is -2.32. The molecule has 1 aliphatic heterocycles. The number of piperidine rings is 1. The number of rotatable bonds is 7. The summed E-state index contributed by atoms with van der Waals surface area (Å²) in [6.45, 7) is 4.00. The van der Waals surface area contributed by atoms with Crippen molar-refractivity contribution in [3.8, 4) is 0 Å². The van der Waals surface area contributed by atoms with E-state index in [0.29, 0.717) is 18.8 Å². The highest BCUT2D eigenvalue weighted by atomic mass is 16.3. The summed E-state index contributed by atoms with van der Waals surface area (Å²) < 4.78 is 5.26. The molecule has 2 heterocycles. The Labute approximate surface area is 143 Å². The molecule has 1 fully saturated rings. The first-order valence-electron chi connectivity index (χ1n) is 8.85. The van der Waals surface area contributed by atoms with E-state index >= 15 is 0 Å². The predicted molar refractivity (Wildman–Crippen MR) is 94.5 cm³/mol. The first-order valence-corrected chi connectivity index (χ1v) is 8.85. The molecule has 1 saturated heterocycles. The first-order chi connectivity index (χ1) is 11.8. The van der Waals surface area contributed by atoms with Gasteiger partial charge in [0.2, 0.25) is 5.91 Å². The molecular formula is C20H26N2O2. The quantitative estimate of drug-likeness (QED) is 0.849. The maximum absolute atomic E-state index is 12.0. The van der Waals surface area contributed by atoms with Gasteiger partial charge in [-0.25, -0.2) is 0 Å². The number of nitrogens with one attached hydrogen (secondary N) is 1. The van der Waals surface area contributed by atoms with E-state index in [4.69, 9.17) is 4.42 Å². The normalized spacial score (nSPS) is 18.4. The van der Waals surface area contributed by atoms with Crippen LogP contribution in [0.25, 0.3) is 0 Å². The summed E-state index contributed by atoms with van der Waals surface area (Å²) in [5.74, 6) is 1.54. The molecule has 4 nitrogen and oxygen atoms in total. The van der Waals surface area contributed by atoms with Gasteiger partial charge < -0.3 is 9.73 Å². The average molecular weight is 326 g/mol. The number of amides is 1. The smallest absolute Gasteiger partial charge is 0.220 e. The molecule has 4 heteroatoms. The van der Waals surface area contributed by atoms with E-state index in [1.165, 1.54) is 18.4 Å². The number of carbonyl (C=O) groups is 1. The van der Waals surface area contributed by atoms with Crippen molar-refractivity contribution < 1.29 is 9.21 Å². The van der Waals surface area contributed by atoms with Gasteiger partial charge in [0.05, 0.1) is 6.26 Å². The predicted octanol–water partition coefficient (Wildman–Crippen LogP) is 3.24. The van der Waals surface area contributed by atoms with Crippen molar-refractivity contribution in [2.24, 2.45) is 5.92 Å². The number of benzene rings is 1. The third kappa shape index (κ3) is 5.24. The molecule has 1 aromatic heterocycles. The first kappa shape index (κ1) is 16.8. The van der Waals surface area contributed by atoms with Crippen LogP contribution in [0.1, 0.15) is 30.6 Å². The van der Waals surface area contributed by atoms with Gasteiger partial charge in [0.25, 0.3) is 0 Å². The van der Waals surface area contributed by atoms with Gasteiger partial charge in [0, 0.05) is 32.5 Å². The number of nitrogens with zero attached hydrogens (tertiary/aromatic N) is 1. The standard InChI is InChI=1S/C20H26N2O2/c23-20(11-10-19-9-5-13-24-19)21-14-18-8-4-12-22(16-18)15-17-6-2-1-3-7-17/h1-3,5-7,9,13,18H,4,8,10-12,14-16H2,(H,21,23)/t18-/m0/s1. The summed E-state index contributed by atoms with van der Waals surface area (Å²) in [7, 11) is 0. The number of likely N-dealkylation sites (tertiary alicyclic amines) is 1. The molecule has 1 atom stereocenters. The minimum atomic E-state index is 0.117. The highest BCUT2D eigenvalue weighted by molar-refractivity contribution is 5.76. The third-order valence-corrected chi connectivity index (χ3v) is 4.62. The van der Waals surface area contributed by atoms with Crippen LogP contribution in [0.5, 0.6) is 0 Å². The van der Waals surface area contributed by atoms with Crippen molar-refractivity contribution in [3.05, 3.63) is 60.1 Å². The van der Waals surface area contributed by atoms with E-state index in [9.17, 15) is 4.79 Å². The Kier molecular flexibility index (Phi) is 6.07. The van der Waals surface area contributed by atoms with Crippen molar-refractivity contribution in [3.63, 3.8) is 0 Å². The van der Waals surface area contributed by atoms with Crippen LogP contribution in [0.4, 0.5) is 0 Å². The molecule has 0 unspecified atom stereocenters. The van der Waals surface area contributed by atoms with Crippen LogP contribution in [0, 0.1) is 5.92 Å². The Balaban J connectivity index is 1.38. The fraction of sp³-hybridized carbons (Fsp3) is 0.450. The van der Waals surface area contributed by atoms with E-state index in [-0.39, 0.29) is 5.91 Å². The van der Waals surface area contributed by atoms with E-state index in [0.717, 1.165) is 31.9 Å². The minimum Gasteiger partial charge on any atom is -0.469 e. The Bertz CT molecular complexity index is 610. The second-order valence-electron chi connectivity index (χ2n) is 6.61. The van der Waals surface area contributed by atoms with Crippen LogP contribution in [0.3, 0.4) is 0 Å². The molecule has 24 heavy (non-hydrogen) atoms. The summed E-state index contributed by atoms with van der Waals surface area (Å²) in [4.78, 5) is 14.5. The molecule has 0 saturated carbocycles. The Morgan fingerprint density at radius 2 is 2.08 bits per heavy atom. The molecular weight excluding hydrogens is 300 g/mol. The zero-order chi connectivity index (χ0) is 16.6. The van der Waals surface area contributed by atoms with Crippen LogP contribution in [-0.4, -0.2) is 30.4 Å². The lowest BCUT2D eigenvalue weighted by molar-refractivity contribution is -0.121. The lowest BCUT2D eigenvalue weighted by atomic mass is 9.97. The molecule has 0 radical (unpaired) electrons. The summed E-state index contributed by atoms with van der Waals surface area (Å²) in [5.41, 5.74) is 1.36. The maximum Gasteiger partial charge on any atom is 0.220 e. The molecule has 1 N–H and O–H groups in total. The molecule has 2 aromatic rings. The zero-order valence-corrected chi connectivity index (χ0v) is 14.1. The second kappa shape index (κ2) is 8.69. The summed E-state index contributed by atoms with van der Waals surface area (Å²) in [6.07, 6.45) is 5.22. The molecule has 1 aromatic carbocycles. The van der Waals surface area contributed by atoms with Crippen LogP contribution >= 0.6 is 0 Å². The number of furan rings is 1. The van der Waals surface area contributed by atoms with Crippen LogP contribution in [-0.2, 0) is 17.8 Å². The summed E-state index contributed by atoms with van der Waals surface area (Å²) >= 11 is 0. The Morgan fingerprint density at radius 1 is 1.21 bits per heavy atom. The monoisotopic (exact) mass is 326 g/mol. The van der Waals surface area contributed by atoms with Gasteiger partial charge in [-0.05, 0) is 43.0 Å². The van der Waals surface area contributed by atoms with Gasteiger partial charge in [-0.1, -0.05) is 30.3 Å². The molecule has 0 spiro atoms. The summed E-state index contributed by atoms with van der Waals surface area (Å²) in [5, 5.41) is 3.09. The molecule has 1 amide bonds. The second-order valence-corrected chi connectivity index (χ2v) is 6.61. The molecule has 0 bridgehead atoms. The Hall–Kier alpha value is -2.07. The van der Waals surface area contributed by atoms with Gasteiger partial charge in [0.15, 0.2) is 0 Å². The van der Waals surface area contributed by atoms with Gasteiger partial charge in [-0.2, -0.15) is 0 Å². The van der Waals surface area contributed by atoms with E-state index in [2.05, 4.69) is 40.5 Å². The van der Waals surface area contributed by atoms with E-state index in [1.807, 2.05) is 12.1 Å². The third-order valence-electron chi connectivity index (χ3n) is 4.62. The van der Waals surface area contributed by atoms with Gasteiger partial charge in [-0.15, -0.1) is 0 Å². The fourth-order valence-electron chi connectivity index (χ4n) is 3.34. The average Bonchev–Trinajstić information content (AvgIpc) is 3.13. The molecule has 128 valence electrons. The highest BCUT2D eigenvalue weighted by Gasteiger charge is 2.20. The zero-order valence-electron chi connectivity index (χ0n) is 14.1. The highest BCUT2D eigenvalue weighted by Crippen LogP contribution is 2.18. The number of hydrogen-bond acceptors (Lipinski definition) is 3. The van der Waals surface area contributed by atoms with Crippen LogP contribution in [0.15, 0.2) is 53.1 Å². The molecule has 3 rings (SSSR count). The van der Waals surface area contributed by atoms with Crippen LogP contribution in [0.2, 0.25) is 0 Å². The van der Waals surface area contributed by atoms with Gasteiger partial charge >= 0.3 is 0 Å². The van der Waals surface area contributed by atoms with Gasteiger partial charge in [0.1, 0.15) is 5.76 Å². The fourth-order valence-corrected chi connectivity index (χ4v) is 3.34. The van der Waals surface area contributed by atoms with E-state index in [1.54, 1.807) is 6.26 Å². The topological polar surface area (TPSA) is 45.5 Å². The Morgan fingerprint density at radius 3 is 2.88 bits per heavy atom.